The molecular formula is C21H25N2O3+. The van der Waals surface area contributed by atoms with Gasteiger partial charge in [0, 0.05) is 19.1 Å². The lowest BCUT2D eigenvalue weighted by atomic mass is 10.1. The molecule has 5 heteroatoms. The Bertz CT molecular complexity index is 847. The van der Waals surface area contributed by atoms with E-state index in [1.807, 2.05) is 18.2 Å². The number of ether oxygens (including phenoxy) is 3. The predicted molar refractivity (Wildman–Crippen MR) is 100 cm³/mol. The number of imidazole rings is 1. The van der Waals surface area contributed by atoms with Crippen LogP contribution in [0.2, 0.25) is 0 Å². The first-order valence-corrected chi connectivity index (χ1v) is 8.54. The first kappa shape index (κ1) is 17.9. The van der Waals surface area contributed by atoms with Crippen molar-refractivity contribution < 1.29 is 18.8 Å². The molecule has 5 nitrogen and oxygen atoms in total. The van der Waals surface area contributed by atoms with Gasteiger partial charge in [0.05, 0.1) is 26.9 Å². The lowest BCUT2D eigenvalue weighted by Gasteiger charge is -2.14. The molecule has 3 aromatic rings. The monoisotopic (exact) mass is 353 g/mol. The second-order valence-electron chi connectivity index (χ2n) is 6.10. The Balaban J connectivity index is 1.90. The van der Waals surface area contributed by atoms with Crippen molar-refractivity contribution in [2.75, 3.05) is 21.3 Å². The average molecular weight is 353 g/mol. The summed E-state index contributed by atoms with van der Waals surface area (Å²) in [6.07, 6.45) is 4.19. The summed E-state index contributed by atoms with van der Waals surface area (Å²) in [5.74, 6) is 3.38. The second-order valence-corrected chi connectivity index (χ2v) is 6.10. The molecule has 26 heavy (non-hydrogen) atoms. The van der Waals surface area contributed by atoms with E-state index in [1.54, 1.807) is 21.3 Å². The number of methoxy groups -OCH3 is 3. The highest BCUT2D eigenvalue weighted by molar-refractivity contribution is 5.50. The molecule has 0 atom stereocenters. The van der Waals surface area contributed by atoms with Crippen LogP contribution in [0.5, 0.6) is 17.2 Å². The third kappa shape index (κ3) is 3.67. The van der Waals surface area contributed by atoms with Gasteiger partial charge in [0.25, 0.3) is 5.82 Å². The Labute approximate surface area is 154 Å². The van der Waals surface area contributed by atoms with Gasteiger partial charge in [-0.2, -0.15) is 0 Å². The summed E-state index contributed by atoms with van der Waals surface area (Å²) in [5, 5.41) is 0. The molecule has 1 aromatic heterocycles. The van der Waals surface area contributed by atoms with Crippen molar-refractivity contribution >= 4 is 0 Å². The minimum atomic E-state index is 0.657. The molecule has 3 rings (SSSR count). The number of hydrogen-bond acceptors (Lipinski definition) is 3. The van der Waals surface area contributed by atoms with Gasteiger partial charge in [-0.15, -0.1) is 0 Å². The molecule has 0 aliphatic heterocycles. The molecule has 0 N–H and O–H groups in total. The van der Waals surface area contributed by atoms with Gasteiger partial charge in [-0.1, -0.05) is 30.3 Å². The van der Waals surface area contributed by atoms with E-state index >= 15 is 0 Å². The van der Waals surface area contributed by atoms with Crippen molar-refractivity contribution in [1.29, 1.82) is 0 Å². The van der Waals surface area contributed by atoms with Gasteiger partial charge in [-0.3, -0.25) is 0 Å². The number of rotatable bonds is 7. The summed E-state index contributed by atoms with van der Waals surface area (Å²) < 4.78 is 20.9. The van der Waals surface area contributed by atoms with Crippen LogP contribution >= 0.6 is 0 Å². The lowest BCUT2D eigenvalue weighted by Crippen LogP contribution is -2.36. The summed E-state index contributed by atoms with van der Waals surface area (Å²) in [4.78, 5) is 0. The normalized spacial score (nSPS) is 10.6. The van der Waals surface area contributed by atoms with E-state index in [-0.39, 0.29) is 0 Å². The number of aromatic nitrogens is 2. The van der Waals surface area contributed by atoms with E-state index in [0.29, 0.717) is 12.3 Å². The summed E-state index contributed by atoms with van der Waals surface area (Å²) in [6.45, 7) is 3.62. The molecule has 0 spiro atoms. The van der Waals surface area contributed by atoms with Crippen molar-refractivity contribution in [3.8, 4) is 17.2 Å². The third-order valence-electron chi connectivity index (χ3n) is 4.60. The lowest BCUT2D eigenvalue weighted by molar-refractivity contribution is -0.693. The smallest absolute Gasteiger partial charge is 0.253 e. The molecule has 0 aliphatic rings. The maximum absolute atomic E-state index is 5.56. The quantitative estimate of drug-likeness (QED) is 0.612. The van der Waals surface area contributed by atoms with Crippen molar-refractivity contribution in [3.05, 3.63) is 71.8 Å². The highest BCUT2D eigenvalue weighted by Crippen LogP contribution is 2.34. The summed E-state index contributed by atoms with van der Waals surface area (Å²) in [7, 11) is 4.96. The fraction of sp³-hybridized carbons (Fsp3) is 0.286. The molecule has 0 radical (unpaired) electrons. The molecule has 0 amide bonds. The van der Waals surface area contributed by atoms with Gasteiger partial charge in [0.2, 0.25) is 0 Å². The molecule has 0 unspecified atom stereocenters. The van der Waals surface area contributed by atoms with Crippen LogP contribution in [0.4, 0.5) is 0 Å². The Morgan fingerprint density at radius 1 is 0.923 bits per heavy atom. The fourth-order valence-electron chi connectivity index (χ4n) is 3.06. The van der Waals surface area contributed by atoms with E-state index in [0.717, 1.165) is 29.4 Å². The van der Waals surface area contributed by atoms with E-state index in [2.05, 4.69) is 52.7 Å². The number of hydrogen-bond donors (Lipinski definition) is 0. The van der Waals surface area contributed by atoms with Crippen LogP contribution in [0, 0.1) is 6.92 Å². The van der Waals surface area contributed by atoms with Crippen LogP contribution in [0.25, 0.3) is 0 Å². The Kier molecular flexibility index (Phi) is 5.46. The summed E-state index contributed by atoms with van der Waals surface area (Å²) in [6, 6.07) is 14.2. The molecule has 136 valence electrons. The zero-order valence-corrected chi connectivity index (χ0v) is 15.7. The van der Waals surface area contributed by atoms with E-state index in [4.69, 9.17) is 14.2 Å². The number of nitrogens with zero attached hydrogens (tertiary/aromatic N) is 2. The molecule has 1 heterocycles. The Morgan fingerprint density at radius 2 is 1.58 bits per heavy atom. The van der Waals surface area contributed by atoms with Crippen molar-refractivity contribution in [1.82, 2.24) is 4.57 Å². The van der Waals surface area contributed by atoms with E-state index in [1.165, 1.54) is 5.56 Å². The van der Waals surface area contributed by atoms with E-state index < -0.39 is 0 Å². The average Bonchev–Trinajstić information content (AvgIpc) is 3.02. The summed E-state index contributed by atoms with van der Waals surface area (Å²) >= 11 is 0. The maximum Gasteiger partial charge on any atom is 0.253 e. The minimum Gasteiger partial charge on any atom is -0.496 e. The van der Waals surface area contributed by atoms with Crippen LogP contribution < -0.4 is 18.8 Å². The van der Waals surface area contributed by atoms with Crippen molar-refractivity contribution in [2.45, 2.75) is 20.0 Å². The molecule has 0 bridgehead atoms. The van der Waals surface area contributed by atoms with Crippen molar-refractivity contribution in [2.24, 2.45) is 0 Å². The fourth-order valence-corrected chi connectivity index (χ4v) is 3.06. The topological polar surface area (TPSA) is 36.5 Å². The first-order valence-electron chi connectivity index (χ1n) is 8.54. The van der Waals surface area contributed by atoms with Crippen LogP contribution in [0.3, 0.4) is 0 Å². The van der Waals surface area contributed by atoms with Crippen LogP contribution in [0.15, 0.2) is 54.9 Å². The maximum atomic E-state index is 5.56. The molecule has 0 fully saturated rings. The largest absolute Gasteiger partial charge is 0.496 e. The first-order chi connectivity index (χ1) is 12.7. The van der Waals surface area contributed by atoms with Crippen LogP contribution in [-0.4, -0.2) is 25.9 Å². The standard InChI is InChI=1S/C21H25N2O3/c1-16-22(14-17-8-6-5-7-9-17)10-11-23(16)15-19-20(25-3)12-18(24-2)13-21(19)26-4/h5-13H,14-15H2,1-4H3/q+1. The Hall–Kier alpha value is -2.95. The zero-order chi connectivity index (χ0) is 18.5. The van der Waals surface area contributed by atoms with Gasteiger partial charge in [0.1, 0.15) is 42.7 Å². The highest BCUT2D eigenvalue weighted by atomic mass is 16.5. The zero-order valence-electron chi connectivity index (χ0n) is 15.7. The predicted octanol–water partition coefficient (Wildman–Crippen LogP) is 3.21. The molecule has 2 aromatic carbocycles. The van der Waals surface area contributed by atoms with Gasteiger partial charge < -0.3 is 14.2 Å². The minimum absolute atomic E-state index is 0.657. The van der Waals surface area contributed by atoms with Crippen molar-refractivity contribution in [3.63, 3.8) is 0 Å². The van der Waals surface area contributed by atoms with Gasteiger partial charge in [-0.25, -0.2) is 9.13 Å². The molecule has 0 saturated carbocycles. The number of benzene rings is 2. The van der Waals surface area contributed by atoms with Crippen LogP contribution in [-0.2, 0) is 13.1 Å². The molecule has 0 saturated heterocycles. The van der Waals surface area contributed by atoms with E-state index in [9.17, 15) is 0 Å². The molecule has 0 aliphatic carbocycles. The van der Waals surface area contributed by atoms with Gasteiger partial charge >= 0.3 is 0 Å². The molecular weight excluding hydrogens is 328 g/mol. The van der Waals surface area contributed by atoms with Crippen LogP contribution in [0.1, 0.15) is 17.0 Å². The SMILES string of the molecule is COc1cc(OC)c(Cn2cc[n+](Cc3ccccc3)c2C)c(OC)c1. The summed E-state index contributed by atoms with van der Waals surface area (Å²) in [5.41, 5.74) is 2.26. The Morgan fingerprint density at radius 3 is 2.15 bits per heavy atom. The highest BCUT2D eigenvalue weighted by Gasteiger charge is 2.19. The third-order valence-corrected chi connectivity index (χ3v) is 4.60. The van der Waals surface area contributed by atoms with Gasteiger partial charge in [0.15, 0.2) is 0 Å². The van der Waals surface area contributed by atoms with Gasteiger partial charge in [-0.05, 0) is 5.56 Å². The second kappa shape index (κ2) is 7.95.